The largest absolute Gasteiger partial charge is 0.465 e. The Hall–Kier alpha value is -2.98. The standard InChI is InChI=1S/C25H30N2O2/c1-4-25(28)29-24-18-16-23(17-19-24)27(21-10-8-7-9-11-21)22-14-12-20(13-15-22)26(5-2)6-3/h7-19,25,28H,4-6H2,1-3H3. The van der Waals surface area contributed by atoms with Crippen molar-refractivity contribution in [2.24, 2.45) is 0 Å². The van der Waals surface area contributed by atoms with Crippen LogP contribution in [-0.2, 0) is 0 Å². The lowest BCUT2D eigenvalue weighted by Gasteiger charge is -2.27. The van der Waals surface area contributed by atoms with E-state index in [0.717, 1.165) is 30.2 Å². The third-order valence-electron chi connectivity index (χ3n) is 4.97. The molecule has 1 N–H and O–H groups in total. The molecule has 0 bridgehead atoms. The molecule has 29 heavy (non-hydrogen) atoms. The average molecular weight is 391 g/mol. The van der Waals surface area contributed by atoms with E-state index in [4.69, 9.17) is 4.74 Å². The second-order valence-electron chi connectivity index (χ2n) is 6.83. The van der Waals surface area contributed by atoms with Gasteiger partial charge in [0.2, 0.25) is 0 Å². The smallest absolute Gasteiger partial charge is 0.197 e. The van der Waals surface area contributed by atoms with Gasteiger partial charge in [-0.05, 0) is 74.5 Å². The molecule has 4 nitrogen and oxygen atoms in total. The van der Waals surface area contributed by atoms with Crippen LogP contribution in [0.4, 0.5) is 22.7 Å². The third kappa shape index (κ3) is 5.09. The summed E-state index contributed by atoms with van der Waals surface area (Å²) < 4.78 is 5.51. The lowest BCUT2D eigenvalue weighted by molar-refractivity contribution is -0.0191. The van der Waals surface area contributed by atoms with E-state index in [0.29, 0.717) is 12.2 Å². The highest BCUT2D eigenvalue weighted by Crippen LogP contribution is 2.36. The molecule has 0 saturated heterocycles. The van der Waals surface area contributed by atoms with Crippen molar-refractivity contribution in [2.45, 2.75) is 33.5 Å². The molecule has 1 unspecified atom stereocenters. The minimum absolute atomic E-state index is 0.552. The van der Waals surface area contributed by atoms with Crippen LogP contribution in [0.1, 0.15) is 27.2 Å². The first-order valence-electron chi connectivity index (χ1n) is 10.3. The van der Waals surface area contributed by atoms with Gasteiger partial charge in [0.15, 0.2) is 6.29 Å². The fourth-order valence-electron chi connectivity index (χ4n) is 3.34. The van der Waals surface area contributed by atoms with Crippen LogP contribution in [0.25, 0.3) is 0 Å². The van der Waals surface area contributed by atoms with Crippen LogP contribution < -0.4 is 14.5 Å². The Morgan fingerprint density at radius 1 is 0.690 bits per heavy atom. The predicted octanol–water partition coefficient (Wildman–Crippen LogP) is 6.11. The van der Waals surface area contributed by atoms with Crippen molar-refractivity contribution in [1.82, 2.24) is 0 Å². The van der Waals surface area contributed by atoms with Crippen LogP contribution in [0.15, 0.2) is 78.9 Å². The number of hydrogen-bond acceptors (Lipinski definition) is 4. The van der Waals surface area contributed by atoms with Crippen molar-refractivity contribution in [2.75, 3.05) is 22.9 Å². The van der Waals surface area contributed by atoms with E-state index >= 15 is 0 Å². The molecular formula is C25H30N2O2. The Morgan fingerprint density at radius 3 is 1.69 bits per heavy atom. The predicted molar refractivity (Wildman–Crippen MR) is 122 cm³/mol. The zero-order valence-electron chi connectivity index (χ0n) is 17.5. The maximum Gasteiger partial charge on any atom is 0.197 e. The molecule has 0 aliphatic rings. The number of para-hydroxylation sites is 1. The van der Waals surface area contributed by atoms with Crippen molar-refractivity contribution in [1.29, 1.82) is 0 Å². The van der Waals surface area contributed by atoms with Gasteiger partial charge in [0.05, 0.1) is 0 Å². The Labute approximate surface area is 174 Å². The molecule has 0 aliphatic carbocycles. The third-order valence-corrected chi connectivity index (χ3v) is 4.97. The van der Waals surface area contributed by atoms with Crippen molar-refractivity contribution in [3.05, 3.63) is 78.9 Å². The van der Waals surface area contributed by atoms with Gasteiger partial charge in [-0.15, -0.1) is 0 Å². The minimum atomic E-state index is -0.779. The van der Waals surface area contributed by atoms with E-state index in [1.54, 1.807) is 0 Å². The lowest BCUT2D eigenvalue weighted by atomic mass is 10.1. The molecule has 0 amide bonds. The summed E-state index contributed by atoms with van der Waals surface area (Å²) in [5.74, 6) is 0.660. The van der Waals surface area contributed by atoms with Gasteiger partial charge < -0.3 is 19.6 Å². The molecule has 0 heterocycles. The van der Waals surface area contributed by atoms with Crippen molar-refractivity contribution in [3.8, 4) is 5.75 Å². The van der Waals surface area contributed by atoms with Gasteiger partial charge in [-0.25, -0.2) is 0 Å². The monoisotopic (exact) mass is 390 g/mol. The Bertz CT molecular complexity index is 860. The van der Waals surface area contributed by atoms with E-state index in [2.05, 4.69) is 60.0 Å². The van der Waals surface area contributed by atoms with Crippen molar-refractivity contribution < 1.29 is 9.84 Å². The Balaban J connectivity index is 1.94. The van der Waals surface area contributed by atoms with Crippen LogP contribution in [0.2, 0.25) is 0 Å². The Kier molecular flexibility index (Phi) is 7.14. The molecule has 0 aliphatic heterocycles. The second kappa shape index (κ2) is 9.99. The number of aliphatic hydroxyl groups is 1. The molecule has 0 spiro atoms. The topological polar surface area (TPSA) is 35.9 Å². The van der Waals surface area contributed by atoms with Crippen LogP contribution in [0.5, 0.6) is 5.75 Å². The molecule has 0 fully saturated rings. The fourth-order valence-corrected chi connectivity index (χ4v) is 3.34. The zero-order valence-corrected chi connectivity index (χ0v) is 17.5. The molecule has 0 radical (unpaired) electrons. The first-order chi connectivity index (χ1) is 14.2. The molecule has 0 aromatic heterocycles. The van der Waals surface area contributed by atoms with Gasteiger partial charge in [-0.3, -0.25) is 0 Å². The number of aliphatic hydroxyl groups excluding tert-OH is 1. The number of rotatable bonds is 9. The number of hydrogen-bond donors (Lipinski definition) is 1. The summed E-state index contributed by atoms with van der Waals surface area (Å²) in [5, 5.41) is 9.72. The molecule has 3 aromatic carbocycles. The van der Waals surface area contributed by atoms with Crippen molar-refractivity contribution >= 4 is 22.7 Å². The van der Waals surface area contributed by atoms with E-state index in [9.17, 15) is 5.11 Å². The van der Waals surface area contributed by atoms with E-state index < -0.39 is 6.29 Å². The number of anilines is 4. The summed E-state index contributed by atoms with van der Waals surface area (Å²) in [7, 11) is 0. The maximum atomic E-state index is 9.72. The highest BCUT2D eigenvalue weighted by atomic mass is 16.6. The quantitative estimate of drug-likeness (QED) is 0.447. The van der Waals surface area contributed by atoms with E-state index in [1.165, 1.54) is 5.69 Å². The summed E-state index contributed by atoms with van der Waals surface area (Å²) in [6.07, 6.45) is -0.227. The van der Waals surface area contributed by atoms with Crippen LogP contribution in [0.3, 0.4) is 0 Å². The molecule has 3 aromatic rings. The van der Waals surface area contributed by atoms with E-state index in [1.807, 2.05) is 49.4 Å². The second-order valence-corrected chi connectivity index (χ2v) is 6.83. The molecule has 4 heteroatoms. The normalized spacial score (nSPS) is 11.7. The summed E-state index contributed by atoms with van der Waals surface area (Å²) in [5.41, 5.74) is 4.44. The highest BCUT2D eigenvalue weighted by Gasteiger charge is 2.13. The average Bonchev–Trinajstić information content (AvgIpc) is 2.77. The number of ether oxygens (including phenoxy) is 1. The lowest BCUT2D eigenvalue weighted by Crippen LogP contribution is -2.21. The van der Waals surface area contributed by atoms with Crippen LogP contribution in [0, 0.1) is 0 Å². The molecule has 1 atom stereocenters. The van der Waals surface area contributed by atoms with Gasteiger partial charge in [0.1, 0.15) is 5.75 Å². The molecule has 152 valence electrons. The first kappa shape index (κ1) is 20.7. The molecular weight excluding hydrogens is 360 g/mol. The van der Waals surface area contributed by atoms with Crippen LogP contribution in [-0.4, -0.2) is 24.5 Å². The summed E-state index contributed by atoms with van der Waals surface area (Å²) >= 11 is 0. The molecule has 3 rings (SSSR count). The first-order valence-corrected chi connectivity index (χ1v) is 10.3. The zero-order chi connectivity index (χ0) is 20.6. The summed E-state index contributed by atoms with van der Waals surface area (Å²) in [4.78, 5) is 4.55. The fraction of sp³-hybridized carbons (Fsp3) is 0.280. The molecule has 0 saturated carbocycles. The minimum Gasteiger partial charge on any atom is -0.465 e. The van der Waals surface area contributed by atoms with Gasteiger partial charge in [0.25, 0.3) is 0 Å². The van der Waals surface area contributed by atoms with Gasteiger partial charge in [-0.2, -0.15) is 0 Å². The van der Waals surface area contributed by atoms with E-state index in [-0.39, 0.29) is 0 Å². The Morgan fingerprint density at radius 2 is 1.17 bits per heavy atom. The summed E-state index contributed by atoms with van der Waals surface area (Å²) in [6.45, 7) is 8.21. The van der Waals surface area contributed by atoms with Gasteiger partial charge in [0, 0.05) is 42.3 Å². The number of benzene rings is 3. The SMILES string of the molecule is CCC(O)Oc1ccc(N(c2ccccc2)c2ccc(N(CC)CC)cc2)cc1. The van der Waals surface area contributed by atoms with Crippen LogP contribution >= 0.6 is 0 Å². The maximum absolute atomic E-state index is 9.72. The summed E-state index contributed by atoms with van der Waals surface area (Å²) in [6, 6.07) is 26.8. The van der Waals surface area contributed by atoms with Gasteiger partial charge in [-0.1, -0.05) is 25.1 Å². The van der Waals surface area contributed by atoms with Crippen molar-refractivity contribution in [3.63, 3.8) is 0 Å². The van der Waals surface area contributed by atoms with Gasteiger partial charge >= 0.3 is 0 Å². The number of nitrogens with zero attached hydrogens (tertiary/aromatic N) is 2. The highest BCUT2D eigenvalue weighted by molar-refractivity contribution is 5.77.